The zero-order chi connectivity index (χ0) is 20.1. The molecule has 1 amide bonds. The van der Waals surface area contributed by atoms with Crippen LogP contribution in [0.3, 0.4) is 0 Å². The lowest BCUT2D eigenvalue weighted by molar-refractivity contribution is -0.147. The summed E-state index contributed by atoms with van der Waals surface area (Å²) < 4.78 is 15.7. The van der Waals surface area contributed by atoms with E-state index in [4.69, 9.17) is 14.2 Å². The molecule has 29 heavy (non-hydrogen) atoms. The average Bonchev–Trinajstić information content (AvgIpc) is 3.43. The van der Waals surface area contributed by atoms with E-state index in [2.05, 4.69) is 10.2 Å². The number of nitrogens with one attached hydrogen (secondary N) is 1. The van der Waals surface area contributed by atoms with Crippen molar-refractivity contribution < 1.29 is 23.8 Å². The van der Waals surface area contributed by atoms with Crippen molar-refractivity contribution >= 4 is 23.3 Å². The molecule has 0 aromatic heterocycles. The molecule has 0 bridgehead atoms. The summed E-state index contributed by atoms with van der Waals surface area (Å²) in [5, 5.41) is 2.75. The van der Waals surface area contributed by atoms with Gasteiger partial charge < -0.3 is 24.4 Å². The number of carbonyl (C=O) groups excluding carboxylic acids is 2. The van der Waals surface area contributed by atoms with Crippen molar-refractivity contribution in [1.29, 1.82) is 0 Å². The molecule has 1 N–H and O–H groups in total. The first-order valence-corrected chi connectivity index (χ1v) is 9.86. The van der Waals surface area contributed by atoms with Gasteiger partial charge in [0.15, 0.2) is 18.1 Å². The van der Waals surface area contributed by atoms with Crippen LogP contribution in [0.4, 0.5) is 11.4 Å². The normalized spacial score (nSPS) is 14.7. The SMILES string of the molecule is O=C(COC(=O)CCc1ccc2c(c1)OCO2)Nc1ccc(N2CCCC2)cc1. The molecule has 2 aromatic carbocycles. The lowest BCUT2D eigenvalue weighted by Crippen LogP contribution is -2.21. The Bertz CT molecular complexity index is 875. The van der Waals surface area contributed by atoms with Gasteiger partial charge in [0.05, 0.1) is 0 Å². The maximum Gasteiger partial charge on any atom is 0.306 e. The van der Waals surface area contributed by atoms with Gasteiger partial charge >= 0.3 is 5.97 Å². The lowest BCUT2D eigenvalue weighted by atomic mass is 10.1. The Balaban J connectivity index is 1.18. The minimum Gasteiger partial charge on any atom is -0.456 e. The van der Waals surface area contributed by atoms with Crippen LogP contribution < -0.4 is 19.7 Å². The second kappa shape index (κ2) is 8.86. The molecule has 0 atom stereocenters. The van der Waals surface area contributed by atoms with E-state index in [1.807, 2.05) is 42.5 Å². The van der Waals surface area contributed by atoms with E-state index in [0.29, 0.717) is 23.6 Å². The summed E-state index contributed by atoms with van der Waals surface area (Å²) in [5.41, 5.74) is 2.80. The lowest BCUT2D eigenvalue weighted by Gasteiger charge is -2.17. The maximum absolute atomic E-state index is 12.0. The summed E-state index contributed by atoms with van der Waals surface area (Å²) in [5.74, 6) is 0.630. The standard InChI is InChI=1S/C22H24N2O5/c25-21(23-17-5-7-18(8-6-17)24-11-1-2-12-24)14-27-22(26)10-4-16-3-9-19-20(13-16)29-15-28-19/h3,5-9,13H,1-2,4,10-12,14-15H2,(H,23,25). The molecule has 4 rings (SSSR count). The van der Waals surface area contributed by atoms with Crippen LogP contribution in [0.1, 0.15) is 24.8 Å². The third-order valence-electron chi connectivity index (χ3n) is 5.04. The summed E-state index contributed by atoms with van der Waals surface area (Å²) >= 11 is 0. The number of carbonyl (C=O) groups is 2. The van der Waals surface area contributed by atoms with Crippen LogP contribution >= 0.6 is 0 Å². The smallest absolute Gasteiger partial charge is 0.306 e. The summed E-state index contributed by atoms with van der Waals surface area (Å²) in [4.78, 5) is 26.3. The fourth-order valence-electron chi connectivity index (χ4n) is 3.49. The number of hydrogen-bond donors (Lipinski definition) is 1. The van der Waals surface area contributed by atoms with Gasteiger partial charge in [-0.25, -0.2) is 0 Å². The molecular formula is C22H24N2O5. The Morgan fingerprint density at radius 3 is 2.55 bits per heavy atom. The minimum absolute atomic E-state index is 0.192. The first kappa shape index (κ1) is 19.1. The van der Waals surface area contributed by atoms with E-state index in [1.54, 1.807) is 0 Å². The summed E-state index contributed by atoms with van der Waals surface area (Å²) in [6.45, 7) is 2.08. The van der Waals surface area contributed by atoms with Crippen molar-refractivity contribution in [3.8, 4) is 11.5 Å². The number of ether oxygens (including phenoxy) is 3. The second-order valence-electron chi connectivity index (χ2n) is 7.14. The van der Waals surface area contributed by atoms with Crippen molar-refractivity contribution in [3.05, 3.63) is 48.0 Å². The Morgan fingerprint density at radius 2 is 1.76 bits per heavy atom. The van der Waals surface area contributed by atoms with E-state index < -0.39 is 5.97 Å². The van der Waals surface area contributed by atoms with Gasteiger partial charge in [0.2, 0.25) is 6.79 Å². The summed E-state index contributed by atoms with van der Waals surface area (Å²) in [6.07, 6.45) is 3.14. The molecule has 0 saturated carbocycles. The fourth-order valence-corrected chi connectivity index (χ4v) is 3.49. The van der Waals surface area contributed by atoms with Crippen molar-refractivity contribution in [2.45, 2.75) is 25.7 Å². The minimum atomic E-state index is -0.415. The van der Waals surface area contributed by atoms with Gasteiger partial charge in [0, 0.05) is 30.9 Å². The zero-order valence-corrected chi connectivity index (χ0v) is 16.2. The molecule has 2 aromatic rings. The number of hydrogen-bond acceptors (Lipinski definition) is 6. The molecule has 0 unspecified atom stereocenters. The van der Waals surface area contributed by atoms with Gasteiger partial charge in [-0.05, 0) is 61.2 Å². The molecule has 7 heteroatoms. The van der Waals surface area contributed by atoms with Crippen LogP contribution in [-0.4, -0.2) is 38.4 Å². The van der Waals surface area contributed by atoms with E-state index in [1.165, 1.54) is 12.8 Å². The van der Waals surface area contributed by atoms with Gasteiger partial charge in [-0.1, -0.05) is 6.07 Å². The molecule has 7 nitrogen and oxygen atoms in total. The molecule has 0 spiro atoms. The molecule has 1 saturated heterocycles. The molecule has 0 radical (unpaired) electrons. The largest absolute Gasteiger partial charge is 0.456 e. The Kier molecular flexibility index (Phi) is 5.84. The third kappa shape index (κ3) is 4.99. The highest BCUT2D eigenvalue weighted by Crippen LogP contribution is 2.32. The van der Waals surface area contributed by atoms with Gasteiger partial charge in [-0.3, -0.25) is 9.59 Å². The number of nitrogens with zero attached hydrogens (tertiary/aromatic N) is 1. The highest BCUT2D eigenvalue weighted by molar-refractivity contribution is 5.93. The highest BCUT2D eigenvalue weighted by Gasteiger charge is 2.15. The second-order valence-corrected chi connectivity index (χ2v) is 7.14. The summed E-state index contributed by atoms with van der Waals surface area (Å²) in [6, 6.07) is 13.3. The van der Waals surface area contributed by atoms with Gasteiger partial charge in [-0.2, -0.15) is 0 Å². The Hall–Kier alpha value is -3.22. The van der Waals surface area contributed by atoms with Gasteiger partial charge in [0.25, 0.3) is 5.91 Å². The number of aryl methyl sites for hydroxylation is 1. The van der Waals surface area contributed by atoms with Crippen LogP contribution in [0, 0.1) is 0 Å². The monoisotopic (exact) mass is 396 g/mol. The quantitative estimate of drug-likeness (QED) is 0.725. The molecular weight excluding hydrogens is 372 g/mol. The van der Waals surface area contributed by atoms with Crippen LogP contribution in [0.2, 0.25) is 0 Å². The van der Waals surface area contributed by atoms with E-state index in [-0.39, 0.29) is 25.7 Å². The molecule has 2 heterocycles. The number of anilines is 2. The zero-order valence-electron chi connectivity index (χ0n) is 16.2. The predicted octanol–water partition coefficient (Wildman–Crippen LogP) is 3.13. The number of fused-ring (bicyclic) bond motifs is 1. The third-order valence-corrected chi connectivity index (χ3v) is 5.04. The van der Waals surface area contributed by atoms with Gasteiger partial charge in [-0.15, -0.1) is 0 Å². The van der Waals surface area contributed by atoms with Crippen molar-refractivity contribution in [2.24, 2.45) is 0 Å². The van der Waals surface area contributed by atoms with Crippen LogP contribution in [0.25, 0.3) is 0 Å². The van der Waals surface area contributed by atoms with Crippen LogP contribution in [-0.2, 0) is 20.7 Å². The molecule has 152 valence electrons. The topological polar surface area (TPSA) is 77.1 Å². The van der Waals surface area contributed by atoms with E-state index >= 15 is 0 Å². The number of amides is 1. The first-order chi connectivity index (χ1) is 14.2. The number of rotatable bonds is 7. The molecule has 0 aliphatic carbocycles. The van der Waals surface area contributed by atoms with Crippen molar-refractivity contribution in [2.75, 3.05) is 36.7 Å². The summed E-state index contributed by atoms with van der Waals surface area (Å²) in [7, 11) is 0. The first-order valence-electron chi connectivity index (χ1n) is 9.86. The number of benzene rings is 2. The fraction of sp³-hybridized carbons (Fsp3) is 0.364. The van der Waals surface area contributed by atoms with Crippen LogP contribution in [0.15, 0.2) is 42.5 Å². The number of esters is 1. The van der Waals surface area contributed by atoms with E-state index in [0.717, 1.165) is 24.3 Å². The highest BCUT2D eigenvalue weighted by atomic mass is 16.7. The average molecular weight is 396 g/mol. The molecule has 1 fully saturated rings. The predicted molar refractivity (Wildman–Crippen MR) is 108 cm³/mol. The maximum atomic E-state index is 12.0. The molecule has 2 aliphatic rings. The van der Waals surface area contributed by atoms with E-state index in [9.17, 15) is 9.59 Å². The molecule has 2 aliphatic heterocycles. The van der Waals surface area contributed by atoms with Crippen molar-refractivity contribution in [1.82, 2.24) is 0 Å². The van der Waals surface area contributed by atoms with Crippen LogP contribution in [0.5, 0.6) is 11.5 Å². The Labute approximate surface area is 169 Å². The Morgan fingerprint density at radius 1 is 1.00 bits per heavy atom. The van der Waals surface area contributed by atoms with Crippen molar-refractivity contribution in [3.63, 3.8) is 0 Å². The van der Waals surface area contributed by atoms with Gasteiger partial charge in [0.1, 0.15) is 0 Å².